The van der Waals surface area contributed by atoms with Crippen molar-refractivity contribution in [2.24, 2.45) is 5.10 Å². The molecule has 0 bridgehead atoms. The Kier molecular flexibility index (Phi) is 5.92. The Labute approximate surface area is 151 Å². The van der Waals surface area contributed by atoms with Crippen LogP contribution < -0.4 is 16.7 Å². The van der Waals surface area contributed by atoms with Crippen LogP contribution in [0.3, 0.4) is 0 Å². The van der Waals surface area contributed by atoms with E-state index in [1.807, 2.05) is 24.3 Å². The lowest BCUT2D eigenvalue weighted by Crippen LogP contribution is -2.28. The highest BCUT2D eigenvalue weighted by atomic mass is 16.2. The van der Waals surface area contributed by atoms with Crippen LogP contribution in [0.2, 0.25) is 0 Å². The van der Waals surface area contributed by atoms with Crippen LogP contribution in [0.15, 0.2) is 39.0 Å². The maximum Gasteiger partial charge on any atom is 0.325 e. The van der Waals surface area contributed by atoms with Crippen LogP contribution in [0.1, 0.15) is 49.6 Å². The maximum atomic E-state index is 11.9. The molecule has 1 aromatic carbocycles. The lowest BCUT2D eigenvalue weighted by Gasteiger charge is -2.18. The number of carbonyl (C=O) groups is 1. The Bertz CT molecular complexity index is 916. The maximum absolute atomic E-state index is 11.9. The molecule has 7 nitrogen and oxygen atoms in total. The Balaban J connectivity index is 1.90. The molecule has 0 spiro atoms. The second kappa shape index (κ2) is 7.95. The van der Waals surface area contributed by atoms with Crippen molar-refractivity contribution < 1.29 is 4.79 Å². The van der Waals surface area contributed by atoms with Crippen LogP contribution in [-0.4, -0.2) is 22.1 Å². The summed E-state index contributed by atoms with van der Waals surface area (Å²) in [6, 6.07) is 7.96. The normalized spacial score (nSPS) is 11.7. The van der Waals surface area contributed by atoms with Gasteiger partial charge < -0.3 is 4.98 Å². The third kappa shape index (κ3) is 5.27. The van der Waals surface area contributed by atoms with Gasteiger partial charge in [0.05, 0.1) is 6.21 Å². The average molecular weight is 356 g/mol. The van der Waals surface area contributed by atoms with Crippen molar-refractivity contribution in [3.05, 3.63) is 67.5 Å². The molecule has 7 heteroatoms. The first kappa shape index (κ1) is 19.4. The van der Waals surface area contributed by atoms with Gasteiger partial charge in [-0.1, -0.05) is 45.0 Å². The molecule has 3 N–H and O–H groups in total. The summed E-state index contributed by atoms with van der Waals surface area (Å²) in [6.07, 6.45) is 1.89. The van der Waals surface area contributed by atoms with Gasteiger partial charge in [-0.25, -0.2) is 10.2 Å². The second-order valence-electron chi connectivity index (χ2n) is 7.18. The molecule has 0 aliphatic heterocycles. The van der Waals surface area contributed by atoms with E-state index in [1.54, 1.807) is 13.1 Å². The number of nitrogens with zero attached hydrogens (tertiary/aromatic N) is 1. The zero-order valence-electron chi connectivity index (χ0n) is 15.5. The smallest absolute Gasteiger partial charge is 0.311 e. The fourth-order valence-corrected chi connectivity index (χ4v) is 2.47. The van der Waals surface area contributed by atoms with Crippen LogP contribution >= 0.6 is 0 Å². The summed E-state index contributed by atoms with van der Waals surface area (Å²) in [5.41, 5.74) is 4.46. The summed E-state index contributed by atoms with van der Waals surface area (Å²) >= 11 is 0. The molecule has 0 radical (unpaired) electrons. The Morgan fingerprint density at radius 2 is 1.81 bits per heavy atom. The molecular formula is C19H24N4O3. The van der Waals surface area contributed by atoms with Gasteiger partial charge in [-0.05, 0) is 29.9 Å². The number of aromatic amines is 2. The van der Waals surface area contributed by atoms with Gasteiger partial charge in [-0.15, -0.1) is 0 Å². The van der Waals surface area contributed by atoms with E-state index in [0.717, 1.165) is 5.56 Å². The lowest BCUT2D eigenvalue weighted by molar-refractivity contribution is -0.121. The summed E-state index contributed by atoms with van der Waals surface area (Å²) in [5, 5.41) is 3.94. The number of nitrogens with one attached hydrogen (secondary N) is 3. The quantitative estimate of drug-likeness (QED) is 0.561. The minimum absolute atomic E-state index is 0.0849. The number of aromatic nitrogens is 2. The zero-order valence-corrected chi connectivity index (χ0v) is 15.5. The van der Waals surface area contributed by atoms with Crippen molar-refractivity contribution in [3.8, 4) is 0 Å². The van der Waals surface area contributed by atoms with Gasteiger partial charge >= 0.3 is 5.69 Å². The molecule has 138 valence electrons. The van der Waals surface area contributed by atoms with Gasteiger partial charge in [-0.3, -0.25) is 14.6 Å². The van der Waals surface area contributed by atoms with E-state index in [-0.39, 0.29) is 24.2 Å². The van der Waals surface area contributed by atoms with Crippen molar-refractivity contribution in [3.63, 3.8) is 0 Å². The monoisotopic (exact) mass is 356 g/mol. The number of hydrogen-bond acceptors (Lipinski definition) is 4. The first-order chi connectivity index (χ1) is 12.2. The summed E-state index contributed by atoms with van der Waals surface area (Å²) in [7, 11) is 0. The topological polar surface area (TPSA) is 107 Å². The highest BCUT2D eigenvalue weighted by Crippen LogP contribution is 2.21. The van der Waals surface area contributed by atoms with E-state index in [1.165, 1.54) is 5.56 Å². The van der Waals surface area contributed by atoms with E-state index >= 15 is 0 Å². The second-order valence-corrected chi connectivity index (χ2v) is 7.18. The van der Waals surface area contributed by atoms with Gasteiger partial charge in [0.2, 0.25) is 5.91 Å². The molecule has 0 fully saturated rings. The van der Waals surface area contributed by atoms with Crippen LogP contribution in [-0.2, 0) is 16.6 Å². The third-order valence-electron chi connectivity index (χ3n) is 4.04. The lowest BCUT2D eigenvalue weighted by atomic mass is 9.87. The number of H-pyrrole nitrogens is 2. The summed E-state index contributed by atoms with van der Waals surface area (Å²) in [5.74, 6) is -0.308. The number of amides is 1. The molecule has 0 aliphatic carbocycles. The number of aryl methyl sites for hydroxylation is 1. The van der Waals surface area contributed by atoms with Crippen molar-refractivity contribution in [1.29, 1.82) is 0 Å². The summed E-state index contributed by atoms with van der Waals surface area (Å²) in [6.45, 7) is 8.06. The molecule has 0 saturated heterocycles. The molecule has 0 saturated carbocycles. The van der Waals surface area contributed by atoms with Crippen molar-refractivity contribution in [2.75, 3.05) is 0 Å². The van der Waals surface area contributed by atoms with Crippen LogP contribution in [0.4, 0.5) is 0 Å². The first-order valence-corrected chi connectivity index (χ1v) is 8.41. The molecule has 2 rings (SSSR count). The van der Waals surface area contributed by atoms with Gasteiger partial charge in [-0.2, -0.15) is 5.10 Å². The molecule has 0 aliphatic rings. The highest BCUT2D eigenvalue weighted by molar-refractivity contribution is 5.82. The first-order valence-electron chi connectivity index (χ1n) is 8.41. The molecule has 26 heavy (non-hydrogen) atoms. The average Bonchev–Trinajstić information content (AvgIpc) is 2.53. The fourth-order valence-electron chi connectivity index (χ4n) is 2.47. The molecule has 2 aromatic rings. The molecule has 1 amide bonds. The van der Waals surface area contributed by atoms with E-state index in [0.29, 0.717) is 11.3 Å². The van der Waals surface area contributed by atoms with Gasteiger partial charge in [0, 0.05) is 17.7 Å². The molecule has 0 atom stereocenters. The SMILES string of the molecule is Cc1[nH]c(=O)[nH]c(=O)c1CCC(=O)N/N=C/c1ccc(C(C)(C)C)cc1. The predicted molar refractivity (Wildman–Crippen MR) is 102 cm³/mol. The predicted octanol–water partition coefficient (Wildman–Crippen LogP) is 1.75. The Morgan fingerprint density at radius 3 is 2.38 bits per heavy atom. The number of benzene rings is 1. The fraction of sp³-hybridized carbons (Fsp3) is 0.368. The highest BCUT2D eigenvalue weighted by Gasteiger charge is 2.12. The molecule has 1 heterocycles. The van der Waals surface area contributed by atoms with E-state index in [2.05, 4.69) is 41.3 Å². The number of hydrazone groups is 1. The number of carbonyl (C=O) groups excluding carboxylic acids is 1. The van der Waals surface area contributed by atoms with Gasteiger partial charge in [0.1, 0.15) is 0 Å². The van der Waals surface area contributed by atoms with Crippen LogP contribution in [0.5, 0.6) is 0 Å². The standard InChI is InChI=1S/C19H24N4O3/c1-12-15(17(25)22-18(26)21-12)9-10-16(24)23-20-11-13-5-7-14(8-6-13)19(2,3)4/h5-8,11H,9-10H2,1-4H3,(H,23,24)(H2,21,22,25,26)/b20-11+. The van der Waals surface area contributed by atoms with E-state index < -0.39 is 11.2 Å². The van der Waals surface area contributed by atoms with Crippen molar-refractivity contribution in [1.82, 2.24) is 15.4 Å². The van der Waals surface area contributed by atoms with Crippen molar-refractivity contribution in [2.45, 2.75) is 46.0 Å². The summed E-state index contributed by atoms with van der Waals surface area (Å²) in [4.78, 5) is 39.4. The van der Waals surface area contributed by atoms with Crippen molar-refractivity contribution >= 4 is 12.1 Å². The van der Waals surface area contributed by atoms with Gasteiger partial charge in [0.25, 0.3) is 5.56 Å². The largest absolute Gasteiger partial charge is 0.325 e. The van der Waals surface area contributed by atoms with E-state index in [4.69, 9.17) is 0 Å². The van der Waals surface area contributed by atoms with Crippen LogP contribution in [0.25, 0.3) is 0 Å². The third-order valence-corrected chi connectivity index (χ3v) is 4.04. The molecule has 0 unspecified atom stereocenters. The zero-order chi connectivity index (χ0) is 19.3. The minimum Gasteiger partial charge on any atom is -0.311 e. The Hall–Kier alpha value is -2.96. The number of hydrogen-bond donors (Lipinski definition) is 3. The summed E-state index contributed by atoms with van der Waals surface area (Å²) < 4.78 is 0. The number of rotatable bonds is 5. The molecular weight excluding hydrogens is 332 g/mol. The molecule has 1 aromatic heterocycles. The minimum atomic E-state index is -0.553. The Morgan fingerprint density at radius 1 is 1.15 bits per heavy atom. The van der Waals surface area contributed by atoms with E-state index in [9.17, 15) is 14.4 Å². The van der Waals surface area contributed by atoms with Gasteiger partial charge in [0.15, 0.2) is 0 Å². The van der Waals surface area contributed by atoms with Crippen LogP contribution in [0, 0.1) is 6.92 Å².